The molecular weight excluding hydrogens is 460 g/mol. The summed E-state index contributed by atoms with van der Waals surface area (Å²) in [4.78, 5) is 11.6. The molecule has 2 aromatic carbocycles. The number of rotatable bonds is 8. The van der Waals surface area contributed by atoms with Crippen LogP contribution in [0.15, 0.2) is 64.0 Å². The van der Waals surface area contributed by atoms with Crippen molar-refractivity contribution in [2.45, 2.75) is 30.8 Å². The number of methoxy groups -OCH3 is 2. The smallest absolute Gasteiger partial charge is 0.330 e. The van der Waals surface area contributed by atoms with E-state index in [1.54, 1.807) is 38.3 Å². The molecule has 0 saturated carbocycles. The van der Waals surface area contributed by atoms with Crippen LogP contribution >= 0.6 is 15.9 Å². The fraction of sp³-hybridized carbons (Fsp3) is 0.286. The van der Waals surface area contributed by atoms with Gasteiger partial charge in [-0.1, -0.05) is 34.1 Å². The number of hydrogen-bond donors (Lipinski definition) is 0. The Labute approximate surface area is 179 Å². The first kappa shape index (κ1) is 23.1. The van der Waals surface area contributed by atoms with Crippen LogP contribution in [0, 0.1) is 6.92 Å². The van der Waals surface area contributed by atoms with Gasteiger partial charge in [-0.3, -0.25) is 4.18 Å². The molecule has 2 atom stereocenters. The summed E-state index contributed by atoms with van der Waals surface area (Å²) in [5.74, 6) is -0.340. The van der Waals surface area contributed by atoms with Gasteiger partial charge in [0, 0.05) is 16.5 Å². The van der Waals surface area contributed by atoms with E-state index in [1.807, 2.05) is 19.1 Å². The zero-order valence-corrected chi connectivity index (χ0v) is 19.0. The van der Waals surface area contributed by atoms with Crippen molar-refractivity contribution in [2.24, 2.45) is 0 Å². The van der Waals surface area contributed by atoms with E-state index in [-0.39, 0.29) is 4.90 Å². The lowest BCUT2D eigenvalue weighted by molar-refractivity contribution is -0.134. The highest BCUT2D eigenvalue weighted by Gasteiger charge is 2.26. The summed E-state index contributed by atoms with van der Waals surface area (Å²) in [5.41, 5.74) is 1.66. The molecule has 0 spiro atoms. The molecule has 0 saturated heterocycles. The van der Waals surface area contributed by atoms with Crippen LogP contribution in [0.3, 0.4) is 0 Å². The van der Waals surface area contributed by atoms with E-state index < -0.39 is 28.1 Å². The number of hydrogen-bond acceptors (Lipinski definition) is 6. The minimum Gasteiger partial charge on any atom is -0.496 e. The molecule has 2 aromatic rings. The number of carbonyl (C=O) groups excluding carboxylic acids is 1. The Kier molecular flexibility index (Phi) is 8.01. The average Bonchev–Trinajstić information content (AvgIpc) is 2.68. The van der Waals surface area contributed by atoms with Gasteiger partial charge in [0.15, 0.2) is 0 Å². The summed E-state index contributed by atoms with van der Waals surface area (Å²) in [6, 6.07) is 11.7. The third-order valence-corrected chi connectivity index (χ3v) is 6.27. The summed E-state index contributed by atoms with van der Waals surface area (Å²) in [6.07, 6.45) is 2.06. The summed E-state index contributed by atoms with van der Waals surface area (Å²) in [7, 11) is -1.14. The average molecular weight is 483 g/mol. The van der Waals surface area contributed by atoms with E-state index in [0.29, 0.717) is 5.75 Å². The molecule has 29 heavy (non-hydrogen) atoms. The van der Waals surface area contributed by atoms with Crippen LogP contribution in [0.25, 0.3) is 0 Å². The Bertz CT molecular complexity index is 983. The second-order valence-corrected chi connectivity index (χ2v) is 8.83. The molecule has 0 heterocycles. The number of esters is 1. The summed E-state index contributed by atoms with van der Waals surface area (Å²) < 4.78 is 41.5. The molecule has 0 amide bonds. The van der Waals surface area contributed by atoms with Crippen LogP contribution in [-0.2, 0) is 23.8 Å². The summed E-state index contributed by atoms with van der Waals surface area (Å²) in [6.45, 7) is 3.52. The van der Waals surface area contributed by atoms with E-state index in [0.717, 1.165) is 15.6 Å². The Balaban J connectivity index is 2.37. The second-order valence-electron chi connectivity index (χ2n) is 6.35. The highest BCUT2D eigenvalue weighted by Crippen LogP contribution is 2.30. The lowest BCUT2D eigenvalue weighted by Crippen LogP contribution is -2.22. The number of halogens is 1. The van der Waals surface area contributed by atoms with Crippen molar-refractivity contribution < 1.29 is 26.9 Å². The van der Waals surface area contributed by atoms with Gasteiger partial charge in [-0.15, -0.1) is 0 Å². The molecule has 156 valence electrons. The zero-order valence-electron chi connectivity index (χ0n) is 16.6. The standard InChI is InChI=1S/C21H23BrO6S/c1-14-13-16(5-11-20(14)26-3)19(10-12-21(23)27-4)15(2)28-29(24,25)18-8-6-17(22)7-9-18/h5-13,15,19H,1-4H3/b12-10+/t15-,19+/m0/s1. The maximum Gasteiger partial charge on any atom is 0.330 e. The third-order valence-electron chi connectivity index (χ3n) is 4.33. The zero-order chi connectivity index (χ0) is 21.6. The first-order valence-electron chi connectivity index (χ1n) is 8.77. The molecule has 0 aliphatic rings. The summed E-state index contributed by atoms with van der Waals surface area (Å²) >= 11 is 3.28. The van der Waals surface area contributed by atoms with Crippen molar-refractivity contribution in [3.8, 4) is 5.75 Å². The van der Waals surface area contributed by atoms with Crippen molar-refractivity contribution in [3.05, 3.63) is 70.2 Å². The van der Waals surface area contributed by atoms with Crippen molar-refractivity contribution in [1.82, 2.24) is 0 Å². The Morgan fingerprint density at radius 1 is 1.10 bits per heavy atom. The molecule has 0 bridgehead atoms. The van der Waals surface area contributed by atoms with Crippen LogP contribution < -0.4 is 4.74 Å². The SMILES string of the molecule is COC(=O)/C=C/[C@@H](c1ccc(OC)c(C)c1)[C@H](C)OS(=O)(=O)c1ccc(Br)cc1. The second kappa shape index (κ2) is 10.0. The molecular formula is C21H23BrO6S. The number of benzene rings is 2. The molecule has 0 N–H and O–H groups in total. The maximum atomic E-state index is 12.7. The normalized spacial score (nSPS) is 13.8. The van der Waals surface area contributed by atoms with Gasteiger partial charge in [0.05, 0.1) is 25.2 Å². The molecule has 6 nitrogen and oxygen atoms in total. The van der Waals surface area contributed by atoms with Gasteiger partial charge in [0.25, 0.3) is 10.1 Å². The van der Waals surface area contributed by atoms with E-state index >= 15 is 0 Å². The van der Waals surface area contributed by atoms with Gasteiger partial charge < -0.3 is 9.47 Å². The molecule has 0 aliphatic carbocycles. The van der Waals surface area contributed by atoms with Gasteiger partial charge in [-0.05, 0) is 55.3 Å². The van der Waals surface area contributed by atoms with Crippen molar-refractivity contribution in [3.63, 3.8) is 0 Å². The van der Waals surface area contributed by atoms with E-state index in [9.17, 15) is 13.2 Å². The number of aryl methyl sites for hydroxylation is 1. The lowest BCUT2D eigenvalue weighted by Gasteiger charge is -2.22. The molecule has 0 aliphatic heterocycles. The van der Waals surface area contributed by atoms with Gasteiger partial charge in [-0.2, -0.15) is 8.42 Å². The molecule has 0 aromatic heterocycles. The minimum absolute atomic E-state index is 0.0501. The highest BCUT2D eigenvalue weighted by molar-refractivity contribution is 9.10. The summed E-state index contributed by atoms with van der Waals surface area (Å²) in [5, 5.41) is 0. The van der Waals surface area contributed by atoms with Gasteiger partial charge in [0.2, 0.25) is 0 Å². The molecule has 0 radical (unpaired) electrons. The predicted molar refractivity (Wildman–Crippen MR) is 114 cm³/mol. The van der Waals surface area contributed by atoms with Crippen LogP contribution in [0.2, 0.25) is 0 Å². The Morgan fingerprint density at radius 3 is 2.31 bits per heavy atom. The van der Waals surface area contributed by atoms with Gasteiger partial charge >= 0.3 is 5.97 Å². The van der Waals surface area contributed by atoms with Crippen LogP contribution in [-0.4, -0.2) is 34.7 Å². The van der Waals surface area contributed by atoms with Gasteiger partial charge in [-0.25, -0.2) is 4.79 Å². The van der Waals surface area contributed by atoms with Crippen molar-refractivity contribution in [2.75, 3.05) is 14.2 Å². The fourth-order valence-electron chi connectivity index (χ4n) is 2.81. The first-order valence-corrected chi connectivity index (χ1v) is 11.0. The van der Waals surface area contributed by atoms with Crippen molar-refractivity contribution >= 4 is 32.0 Å². The molecule has 8 heteroatoms. The van der Waals surface area contributed by atoms with E-state index in [4.69, 9.17) is 8.92 Å². The Hall–Kier alpha value is -2.16. The van der Waals surface area contributed by atoms with Gasteiger partial charge in [0.1, 0.15) is 5.75 Å². The van der Waals surface area contributed by atoms with Crippen LogP contribution in [0.5, 0.6) is 5.75 Å². The van der Waals surface area contributed by atoms with Crippen LogP contribution in [0.1, 0.15) is 24.0 Å². The maximum absolute atomic E-state index is 12.7. The minimum atomic E-state index is -3.99. The molecule has 2 rings (SSSR count). The third kappa shape index (κ3) is 6.16. The molecule has 0 fully saturated rings. The highest BCUT2D eigenvalue weighted by atomic mass is 79.9. The first-order chi connectivity index (χ1) is 13.7. The number of ether oxygens (including phenoxy) is 2. The Morgan fingerprint density at radius 2 is 1.76 bits per heavy atom. The predicted octanol–water partition coefficient (Wildman–Crippen LogP) is 4.37. The fourth-order valence-corrected chi connectivity index (χ4v) is 4.18. The van der Waals surface area contributed by atoms with Crippen LogP contribution in [0.4, 0.5) is 0 Å². The topological polar surface area (TPSA) is 78.9 Å². The van der Waals surface area contributed by atoms with E-state index in [2.05, 4.69) is 20.7 Å². The van der Waals surface area contributed by atoms with Crippen molar-refractivity contribution in [1.29, 1.82) is 0 Å². The monoisotopic (exact) mass is 482 g/mol. The largest absolute Gasteiger partial charge is 0.496 e. The number of carbonyl (C=O) groups is 1. The quantitative estimate of drug-likeness (QED) is 0.315. The lowest BCUT2D eigenvalue weighted by atomic mass is 9.92. The molecule has 0 unspecified atom stereocenters. The van der Waals surface area contributed by atoms with E-state index in [1.165, 1.54) is 25.3 Å².